The first kappa shape index (κ1) is 17.8. The van der Waals surface area contributed by atoms with E-state index >= 15 is 0 Å². The Kier molecular flexibility index (Phi) is 5.80. The molecule has 1 aliphatic heterocycles. The van der Waals surface area contributed by atoms with Gasteiger partial charge in [0.25, 0.3) is 0 Å². The molecule has 128 valence electrons. The minimum atomic E-state index is -0.696. The minimum Gasteiger partial charge on any atom is -0.351 e. The maximum atomic E-state index is 13.1. The Labute approximate surface area is 142 Å². The number of nitrogens with two attached hydrogens (primary N) is 1. The molecule has 0 radical (unpaired) electrons. The van der Waals surface area contributed by atoms with Gasteiger partial charge in [-0.25, -0.2) is 4.79 Å². The average molecular weight is 328 g/mol. The van der Waals surface area contributed by atoms with Gasteiger partial charge in [0.15, 0.2) is 0 Å². The standard InChI is InChI=1S/C18H24N4O2/c1-13(2)22(18(20)24)16(11-14-7-4-3-5-8-14)17(23)21-10-6-9-15(21)12-19/h3-5,7-8,13,15-16H,6,9-11H2,1-2H3,(H2,20,24)/t15-,16-/m0/s1. The van der Waals surface area contributed by atoms with Crippen molar-refractivity contribution in [3.05, 3.63) is 35.9 Å². The number of carbonyl (C=O) groups is 2. The molecule has 1 heterocycles. The van der Waals surface area contributed by atoms with Crippen LogP contribution in [0, 0.1) is 11.3 Å². The lowest BCUT2D eigenvalue weighted by atomic mass is 10.0. The van der Waals surface area contributed by atoms with E-state index in [9.17, 15) is 14.9 Å². The van der Waals surface area contributed by atoms with E-state index in [1.54, 1.807) is 4.90 Å². The molecule has 1 fully saturated rings. The van der Waals surface area contributed by atoms with Crippen LogP contribution >= 0.6 is 0 Å². The first-order valence-electron chi connectivity index (χ1n) is 8.27. The lowest BCUT2D eigenvalue weighted by Gasteiger charge is -2.35. The van der Waals surface area contributed by atoms with Crippen LogP contribution in [0.15, 0.2) is 30.3 Å². The van der Waals surface area contributed by atoms with Crippen molar-refractivity contribution in [2.75, 3.05) is 6.54 Å². The Bertz CT molecular complexity index is 624. The number of nitrogens with zero attached hydrogens (tertiary/aromatic N) is 3. The van der Waals surface area contributed by atoms with E-state index in [1.165, 1.54) is 4.90 Å². The number of likely N-dealkylation sites (tertiary alicyclic amines) is 1. The maximum Gasteiger partial charge on any atom is 0.315 e. The number of urea groups is 1. The van der Waals surface area contributed by atoms with Gasteiger partial charge in [-0.15, -0.1) is 0 Å². The molecule has 6 heteroatoms. The van der Waals surface area contributed by atoms with Crippen LogP contribution in [-0.2, 0) is 11.2 Å². The van der Waals surface area contributed by atoms with Crippen molar-refractivity contribution in [1.29, 1.82) is 5.26 Å². The number of hydrogen-bond acceptors (Lipinski definition) is 3. The monoisotopic (exact) mass is 328 g/mol. The van der Waals surface area contributed by atoms with Gasteiger partial charge in [-0.1, -0.05) is 30.3 Å². The van der Waals surface area contributed by atoms with Gasteiger partial charge < -0.3 is 15.5 Å². The van der Waals surface area contributed by atoms with Crippen LogP contribution in [-0.4, -0.2) is 46.4 Å². The smallest absolute Gasteiger partial charge is 0.315 e. The second-order valence-corrected chi connectivity index (χ2v) is 6.36. The highest BCUT2D eigenvalue weighted by Gasteiger charge is 2.38. The van der Waals surface area contributed by atoms with E-state index in [4.69, 9.17) is 5.73 Å². The SMILES string of the molecule is CC(C)N(C(N)=O)[C@@H](Cc1ccccc1)C(=O)N1CCC[C@H]1C#N. The quantitative estimate of drug-likeness (QED) is 0.895. The van der Waals surface area contributed by atoms with Crippen LogP contribution in [0.4, 0.5) is 4.79 Å². The van der Waals surface area contributed by atoms with Gasteiger partial charge in [0.1, 0.15) is 12.1 Å². The third-order valence-electron chi connectivity index (χ3n) is 4.39. The molecule has 0 aromatic heterocycles. The zero-order valence-corrected chi connectivity index (χ0v) is 14.2. The molecule has 3 amide bonds. The van der Waals surface area contributed by atoms with E-state index in [2.05, 4.69) is 6.07 Å². The Morgan fingerprint density at radius 1 is 1.38 bits per heavy atom. The second-order valence-electron chi connectivity index (χ2n) is 6.36. The lowest BCUT2D eigenvalue weighted by Crippen LogP contribution is -2.56. The molecule has 1 aliphatic rings. The Morgan fingerprint density at radius 2 is 2.04 bits per heavy atom. The van der Waals surface area contributed by atoms with Crippen molar-refractivity contribution in [2.45, 2.75) is 51.2 Å². The summed E-state index contributed by atoms with van der Waals surface area (Å²) in [5.74, 6) is -0.199. The van der Waals surface area contributed by atoms with Gasteiger partial charge in [-0.3, -0.25) is 4.79 Å². The topological polar surface area (TPSA) is 90.4 Å². The van der Waals surface area contributed by atoms with Crippen molar-refractivity contribution < 1.29 is 9.59 Å². The zero-order valence-electron chi connectivity index (χ0n) is 14.2. The summed E-state index contributed by atoms with van der Waals surface area (Å²) in [7, 11) is 0. The highest BCUT2D eigenvalue weighted by atomic mass is 16.2. The lowest BCUT2D eigenvalue weighted by molar-refractivity contribution is -0.136. The fourth-order valence-electron chi connectivity index (χ4n) is 3.27. The van der Waals surface area contributed by atoms with Crippen LogP contribution in [0.3, 0.4) is 0 Å². The molecule has 0 saturated carbocycles. The Balaban J connectivity index is 2.32. The summed E-state index contributed by atoms with van der Waals surface area (Å²) < 4.78 is 0. The summed E-state index contributed by atoms with van der Waals surface area (Å²) >= 11 is 0. The van der Waals surface area contributed by atoms with Crippen LogP contribution < -0.4 is 5.73 Å². The normalized spacial score (nSPS) is 18.2. The van der Waals surface area contributed by atoms with Gasteiger partial charge in [-0.2, -0.15) is 5.26 Å². The first-order valence-corrected chi connectivity index (χ1v) is 8.27. The average Bonchev–Trinajstić information content (AvgIpc) is 3.02. The number of hydrogen-bond donors (Lipinski definition) is 1. The third kappa shape index (κ3) is 3.85. The summed E-state index contributed by atoms with van der Waals surface area (Å²) in [6.07, 6.45) is 1.87. The van der Waals surface area contributed by atoms with Gasteiger partial charge in [0.05, 0.1) is 6.07 Å². The van der Waals surface area contributed by atoms with Crippen LogP contribution in [0.2, 0.25) is 0 Å². The maximum absolute atomic E-state index is 13.1. The van der Waals surface area contributed by atoms with Crippen LogP contribution in [0.1, 0.15) is 32.3 Å². The predicted octanol–water partition coefficient (Wildman–Crippen LogP) is 1.90. The van der Waals surface area contributed by atoms with Crippen molar-refractivity contribution in [3.8, 4) is 6.07 Å². The summed E-state index contributed by atoms with van der Waals surface area (Å²) in [6, 6.07) is 9.79. The first-order chi connectivity index (χ1) is 11.5. The van der Waals surface area contributed by atoms with Crippen molar-refractivity contribution in [3.63, 3.8) is 0 Å². The van der Waals surface area contributed by atoms with Gasteiger partial charge in [0.2, 0.25) is 5.91 Å². The molecule has 1 aromatic carbocycles. The van der Waals surface area contributed by atoms with E-state index < -0.39 is 18.1 Å². The molecule has 2 N–H and O–H groups in total. The Hall–Kier alpha value is -2.55. The molecule has 2 rings (SSSR count). The molecule has 0 unspecified atom stereocenters. The third-order valence-corrected chi connectivity index (χ3v) is 4.39. The van der Waals surface area contributed by atoms with Crippen LogP contribution in [0.25, 0.3) is 0 Å². The minimum absolute atomic E-state index is 0.199. The van der Waals surface area contributed by atoms with Crippen molar-refractivity contribution in [1.82, 2.24) is 9.80 Å². The molecular formula is C18H24N4O2. The van der Waals surface area contributed by atoms with Crippen molar-refractivity contribution >= 4 is 11.9 Å². The summed E-state index contributed by atoms with van der Waals surface area (Å²) in [6.45, 7) is 4.22. The number of rotatable bonds is 5. The molecule has 24 heavy (non-hydrogen) atoms. The second kappa shape index (κ2) is 7.82. The molecular weight excluding hydrogens is 304 g/mol. The van der Waals surface area contributed by atoms with E-state index in [0.717, 1.165) is 12.0 Å². The molecule has 6 nitrogen and oxygen atoms in total. The van der Waals surface area contributed by atoms with E-state index in [1.807, 2.05) is 44.2 Å². The fraction of sp³-hybridized carbons (Fsp3) is 0.500. The number of carbonyl (C=O) groups excluding carboxylic acids is 2. The zero-order chi connectivity index (χ0) is 17.7. The largest absolute Gasteiger partial charge is 0.351 e. The van der Waals surface area contributed by atoms with Crippen molar-refractivity contribution in [2.24, 2.45) is 5.73 Å². The summed E-state index contributed by atoms with van der Waals surface area (Å²) in [4.78, 5) is 28.1. The number of primary amides is 1. The molecule has 0 aliphatic carbocycles. The van der Waals surface area contributed by atoms with Gasteiger partial charge >= 0.3 is 6.03 Å². The highest BCUT2D eigenvalue weighted by Crippen LogP contribution is 2.22. The predicted molar refractivity (Wildman–Crippen MR) is 90.8 cm³/mol. The molecule has 2 atom stereocenters. The van der Waals surface area contributed by atoms with Gasteiger partial charge in [-0.05, 0) is 32.3 Å². The highest BCUT2D eigenvalue weighted by molar-refractivity contribution is 5.87. The fourth-order valence-corrected chi connectivity index (χ4v) is 3.27. The van der Waals surface area contributed by atoms with Crippen LogP contribution in [0.5, 0.6) is 0 Å². The van der Waals surface area contributed by atoms with E-state index in [-0.39, 0.29) is 11.9 Å². The molecule has 0 spiro atoms. The number of benzene rings is 1. The number of nitriles is 1. The molecule has 1 aromatic rings. The number of amides is 3. The molecule has 1 saturated heterocycles. The Morgan fingerprint density at radius 3 is 2.58 bits per heavy atom. The van der Waals surface area contributed by atoms with Gasteiger partial charge in [0, 0.05) is 19.0 Å². The molecule has 0 bridgehead atoms. The summed E-state index contributed by atoms with van der Waals surface area (Å²) in [5.41, 5.74) is 6.50. The summed E-state index contributed by atoms with van der Waals surface area (Å²) in [5, 5.41) is 9.26. The van der Waals surface area contributed by atoms with E-state index in [0.29, 0.717) is 19.4 Å².